The van der Waals surface area contributed by atoms with Crippen molar-refractivity contribution in [1.82, 2.24) is 20.1 Å². The molecule has 0 bridgehead atoms. The van der Waals surface area contributed by atoms with E-state index in [4.69, 9.17) is 4.74 Å². The number of anilines is 1. The molecule has 0 saturated heterocycles. The Morgan fingerprint density at radius 1 is 1.20 bits per heavy atom. The molecule has 3 aromatic rings. The van der Waals surface area contributed by atoms with Crippen LogP contribution in [0.1, 0.15) is 33.4 Å². The van der Waals surface area contributed by atoms with E-state index in [1.54, 1.807) is 42.0 Å². The first-order valence-electron chi connectivity index (χ1n) is 11.0. The minimum atomic E-state index is -0.796. The molecular weight excluding hydrogens is 466 g/mol. The highest BCUT2D eigenvalue weighted by atomic mass is 32.2. The van der Waals surface area contributed by atoms with Gasteiger partial charge in [0.15, 0.2) is 11.0 Å². The number of benzene rings is 2. The number of carbonyl (C=O) groups excluding carboxylic acids is 2. The molecule has 9 nitrogen and oxygen atoms in total. The van der Waals surface area contributed by atoms with E-state index >= 15 is 0 Å². The summed E-state index contributed by atoms with van der Waals surface area (Å²) >= 11 is 1.21. The Kier molecular flexibility index (Phi) is 9.04. The van der Waals surface area contributed by atoms with Crippen LogP contribution in [0, 0.1) is 13.8 Å². The molecule has 0 aliphatic heterocycles. The van der Waals surface area contributed by atoms with Crippen molar-refractivity contribution in [2.45, 2.75) is 31.6 Å². The van der Waals surface area contributed by atoms with Crippen LogP contribution in [-0.2, 0) is 11.3 Å². The second-order valence-corrected chi connectivity index (χ2v) is 8.70. The Morgan fingerprint density at radius 3 is 2.60 bits per heavy atom. The smallest absolute Gasteiger partial charge is 0.251 e. The summed E-state index contributed by atoms with van der Waals surface area (Å²) in [5.41, 5.74) is 3.29. The number of thioether (sulfide) groups is 1. The molecule has 2 amide bonds. The number of carbonyl (C=O) groups is 2. The largest absolute Gasteiger partial charge is 0.497 e. The molecule has 35 heavy (non-hydrogen) atoms. The number of hydrogen-bond acceptors (Lipinski definition) is 7. The maximum Gasteiger partial charge on any atom is 0.251 e. The standard InChI is InChI=1S/C25H29N5O4S/c1-5-13-30-23(21(14-31)27-24(33)18-9-11-19(34-4)12-10-18)28-29-25(30)35-15-22(32)26-20-8-6-7-16(2)17(20)3/h5-12,21,31H,1,13-15H2,2-4H3,(H,26,32)(H,27,33)/t21-/m1/s1. The minimum absolute atomic E-state index is 0.116. The lowest BCUT2D eigenvalue weighted by Crippen LogP contribution is -2.33. The third-order valence-electron chi connectivity index (χ3n) is 5.42. The lowest BCUT2D eigenvalue weighted by molar-refractivity contribution is -0.113. The number of allylic oxidation sites excluding steroid dienone is 1. The molecule has 3 N–H and O–H groups in total. The summed E-state index contributed by atoms with van der Waals surface area (Å²) < 4.78 is 6.84. The number of rotatable bonds is 11. The second kappa shape index (κ2) is 12.2. The van der Waals surface area contributed by atoms with Crippen LogP contribution in [0.4, 0.5) is 5.69 Å². The van der Waals surface area contributed by atoms with Gasteiger partial charge >= 0.3 is 0 Å². The van der Waals surface area contributed by atoms with E-state index < -0.39 is 6.04 Å². The van der Waals surface area contributed by atoms with Crippen LogP contribution in [0.15, 0.2) is 60.3 Å². The van der Waals surface area contributed by atoms with E-state index in [2.05, 4.69) is 27.4 Å². The van der Waals surface area contributed by atoms with Gasteiger partial charge in [-0.2, -0.15) is 0 Å². The number of nitrogens with zero attached hydrogens (tertiary/aromatic N) is 3. The average Bonchev–Trinajstić information content (AvgIpc) is 3.26. The highest BCUT2D eigenvalue weighted by molar-refractivity contribution is 7.99. The van der Waals surface area contributed by atoms with Gasteiger partial charge in [-0.3, -0.25) is 9.59 Å². The lowest BCUT2D eigenvalue weighted by Gasteiger charge is -2.17. The van der Waals surface area contributed by atoms with Gasteiger partial charge in [-0.15, -0.1) is 16.8 Å². The number of amides is 2. The molecule has 0 spiro atoms. The Labute approximate surface area is 208 Å². The molecule has 2 aromatic carbocycles. The zero-order valence-electron chi connectivity index (χ0n) is 19.9. The van der Waals surface area contributed by atoms with Crippen LogP contribution in [0.3, 0.4) is 0 Å². The van der Waals surface area contributed by atoms with Crippen LogP contribution < -0.4 is 15.4 Å². The van der Waals surface area contributed by atoms with Gasteiger partial charge < -0.3 is 25.0 Å². The zero-order valence-corrected chi connectivity index (χ0v) is 20.8. The van der Waals surface area contributed by atoms with E-state index in [9.17, 15) is 14.7 Å². The van der Waals surface area contributed by atoms with Gasteiger partial charge in [-0.05, 0) is 55.3 Å². The zero-order chi connectivity index (χ0) is 25.4. The molecule has 3 rings (SSSR count). The van der Waals surface area contributed by atoms with Crippen LogP contribution in [0.2, 0.25) is 0 Å². The Balaban J connectivity index is 1.71. The number of nitrogens with one attached hydrogen (secondary N) is 2. The molecule has 1 heterocycles. The molecule has 0 radical (unpaired) electrons. The van der Waals surface area contributed by atoms with Crippen LogP contribution >= 0.6 is 11.8 Å². The van der Waals surface area contributed by atoms with Gasteiger partial charge in [0, 0.05) is 17.8 Å². The van der Waals surface area contributed by atoms with Gasteiger partial charge in [-0.1, -0.05) is 30.0 Å². The first-order valence-corrected chi connectivity index (χ1v) is 11.9. The first kappa shape index (κ1) is 26.0. The Bertz CT molecular complexity index is 1190. The van der Waals surface area contributed by atoms with Gasteiger partial charge in [0.1, 0.15) is 11.8 Å². The van der Waals surface area contributed by atoms with Gasteiger partial charge in [0.05, 0.1) is 19.5 Å². The average molecular weight is 496 g/mol. The van der Waals surface area contributed by atoms with Crippen molar-refractivity contribution in [3.8, 4) is 5.75 Å². The summed E-state index contributed by atoms with van der Waals surface area (Å²) in [6.45, 7) is 7.68. The SMILES string of the molecule is C=CCn1c(SCC(=O)Nc2cccc(C)c2C)nnc1[C@@H](CO)NC(=O)c1ccc(OC)cc1. The summed E-state index contributed by atoms with van der Waals surface area (Å²) in [5, 5.41) is 24.5. The predicted molar refractivity (Wildman–Crippen MR) is 136 cm³/mol. The fraction of sp³-hybridized carbons (Fsp3) is 0.280. The van der Waals surface area contributed by atoms with E-state index in [0.29, 0.717) is 28.8 Å². The first-order chi connectivity index (χ1) is 16.9. The van der Waals surface area contributed by atoms with E-state index in [1.165, 1.54) is 11.8 Å². The van der Waals surface area contributed by atoms with E-state index in [-0.39, 0.29) is 24.2 Å². The normalized spacial score (nSPS) is 11.5. The van der Waals surface area contributed by atoms with Crippen molar-refractivity contribution >= 4 is 29.3 Å². The summed E-state index contributed by atoms with van der Waals surface area (Å²) in [7, 11) is 1.55. The second-order valence-electron chi connectivity index (χ2n) is 7.76. The fourth-order valence-corrected chi connectivity index (χ4v) is 4.10. The van der Waals surface area contributed by atoms with Crippen molar-refractivity contribution in [3.63, 3.8) is 0 Å². The highest BCUT2D eigenvalue weighted by Crippen LogP contribution is 2.23. The maximum atomic E-state index is 12.7. The topological polar surface area (TPSA) is 118 Å². The number of aryl methyl sites for hydroxylation is 1. The fourth-order valence-electron chi connectivity index (χ4n) is 3.34. The number of ether oxygens (including phenoxy) is 1. The molecule has 1 atom stereocenters. The van der Waals surface area contributed by atoms with Crippen molar-refractivity contribution < 1.29 is 19.4 Å². The maximum absolute atomic E-state index is 12.7. The minimum Gasteiger partial charge on any atom is -0.497 e. The highest BCUT2D eigenvalue weighted by Gasteiger charge is 2.23. The summed E-state index contributed by atoms with van der Waals surface area (Å²) in [5.74, 6) is 0.567. The van der Waals surface area contributed by atoms with Crippen molar-refractivity contribution in [1.29, 1.82) is 0 Å². The quantitative estimate of drug-likeness (QED) is 0.276. The van der Waals surface area contributed by atoms with Crippen LogP contribution in [0.25, 0.3) is 0 Å². The third-order valence-corrected chi connectivity index (χ3v) is 6.39. The van der Waals surface area contributed by atoms with Crippen LogP contribution in [-0.4, -0.2) is 51.2 Å². The molecule has 0 saturated carbocycles. The number of hydrogen-bond donors (Lipinski definition) is 3. The Hall–Kier alpha value is -3.63. The lowest BCUT2D eigenvalue weighted by atomic mass is 10.1. The molecule has 0 fully saturated rings. The molecular formula is C25H29N5O4S. The van der Waals surface area contributed by atoms with Gasteiger partial charge in [-0.25, -0.2) is 0 Å². The monoisotopic (exact) mass is 495 g/mol. The van der Waals surface area contributed by atoms with E-state index in [0.717, 1.165) is 16.8 Å². The molecule has 0 aliphatic carbocycles. The van der Waals surface area contributed by atoms with Gasteiger partial charge in [0.2, 0.25) is 5.91 Å². The van der Waals surface area contributed by atoms with Crippen molar-refractivity contribution in [3.05, 3.63) is 77.6 Å². The summed E-state index contributed by atoms with van der Waals surface area (Å²) in [6.07, 6.45) is 1.66. The molecule has 10 heteroatoms. The molecule has 184 valence electrons. The molecule has 0 unspecified atom stereocenters. The molecule has 0 aliphatic rings. The number of aromatic nitrogens is 3. The van der Waals surface area contributed by atoms with Gasteiger partial charge in [0.25, 0.3) is 5.91 Å². The number of methoxy groups -OCH3 is 1. The number of aliphatic hydroxyl groups is 1. The predicted octanol–water partition coefficient (Wildman–Crippen LogP) is 3.28. The third kappa shape index (κ3) is 6.49. The van der Waals surface area contributed by atoms with Crippen LogP contribution in [0.5, 0.6) is 5.75 Å². The summed E-state index contributed by atoms with van der Waals surface area (Å²) in [6, 6.07) is 11.6. The molecule has 1 aromatic heterocycles. The Morgan fingerprint density at radius 2 is 1.94 bits per heavy atom. The number of aliphatic hydroxyl groups excluding tert-OH is 1. The van der Waals surface area contributed by atoms with Crippen molar-refractivity contribution in [2.75, 3.05) is 24.8 Å². The van der Waals surface area contributed by atoms with Crippen molar-refractivity contribution in [2.24, 2.45) is 0 Å². The van der Waals surface area contributed by atoms with E-state index in [1.807, 2.05) is 32.0 Å². The summed E-state index contributed by atoms with van der Waals surface area (Å²) in [4.78, 5) is 25.3.